The summed E-state index contributed by atoms with van der Waals surface area (Å²) in [5.74, 6) is 2.61. The molecule has 0 aromatic heterocycles. The summed E-state index contributed by atoms with van der Waals surface area (Å²) in [4.78, 5) is 0. The Kier molecular flexibility index (Phi) is 7.22. The molecule has 0 heterocycles. The first-order valence-corrected chi connectivity index (χ1v) is 7.75. The second-order valence-electron chi connectivity index (χ2n) is 6.94. The van der Waals surface area contributed by atoms with Crippen LogP contribution < -0.4 is 0 Å². The van der Waals surface area contributed by atoms with Crippen molar-refractivity contribution in [3.05, 3.63) is 0 Å². The summed E-state index contributed by atoms with van der Waals surface area (Å²) in [6, 6.07) is 0. The maximum Gasteiger partial charge on any atom is 0.221 e. The van der Waals surface area contributed by atoms with Crippen LogP contribution in [0.15, 0.2) is 0 Å². The van der Waals surface area contributed by atoms with E-state index >= 15 is 0 Å². The predicted octanol–water partition coefficient (Wildman–Crippen LogP) is 4.31. The first-order chi connectivity index (χ1) is 6.75. The van der Waals surface area contributed by atoms with Crippen molar-refractivity contribution in [3.63, 3.8) is 0 Å². The third kappa shape index (κ3) is 8.35. The van der Waals surface area contributed by atoms with Crippen LogP contribution in [-0.2, 0) is 0 Å². The zero-order chi connectivity index (χ0) is 12.1. The van der Waals surface area contributed by atoms with E-state index in [1.165, 1.54) is 42.0 Å². The van der Waals surface area contributed by atoms with E-state index in [0.29, 0.717) is 4.28 Å². The molecule has 0 spiro atoms. The first kappa shape index (κ1) is 15.5. The van der Waals surface area contributed by atoms with Gasteiger partial charge in [0.05, 0.1) is 0 Å². The predicted molar refractivity (Wildman–Crippen MR) is 74.2 cm³/mol. The van der Waals surface area contributed by atoms with Crippen LogP contribution in [0, 0.1) is 17.8 Å². The van der Waals surface area contributed by atoms with Gasteiger partial charge in [-0.25, -0.2) is 0 Å². The molecule has 0 N–H and O–H groups in total. The lowest BCUT2D eigenvalue weighted by Gasteiger charge is -2.34. The number of rotatable bonds is 7. The van der Waals surface area contributed by atoms with Crippen LogP contribution in [0.4, 0.5) is 0 Å². The minimum atomic E-state index is 0.715. The molecule has 0 aliphatic carbocycles. The molecule has 0 aromatic rings. The Morgan fingerprint density at radius 2 is 1.20 bits per heavy atom. The van der Waals surface area contributed by atoms with Gasteiger partial charge < -0.3 is 0 Å². The third-order valence-corrected chi connectivity index (χ3v) is 4.44. The Labute approximate surface area is 106 Å². The molecular weight excluding hydrogens is 195 g/mol. The average Bonchev–Trinajstić information content (AvgIpc) is 1.97. The van der Waals surface area contributed by atoms with Crippen LogP contribution in [0.25, 0.3) is 0 Å². The second-order valence-corrected chi connectivity index (χ2v) is 9.06. The van der Waals surface area contributed by atoms with Gasteiger partial charge in [-0.3, -0.25) is 0 Å². The van der Waals surface area contributed by atoms with Crippen molar-refractivity contribution < 1.29 is 0 Å². The highest BCUT2D eigenvalue weighted by Gasteiger charge is 2.26. The summed E-state index contributed by atoms with van der Waals surface area (Å²) in [5, 5.41) is 0. The van der Waals surface area contributed by atoms with Gasteiger partial charge >= 0.3 is 0 Å². The molecule has 0 atom stereocenters. The standard InChI is InChI=1S/C14H29.Al.2H/c1-11(2)7-8-14(9-12(3)4)10-13(5)6;;;/h11-13H,7-10H2,1-6H3;;;. The average molecular weight is 226 g/mol. The highest BCUT2D eigenvalue weighted by atomic mass is 27.0. The molecule has 0 aliphatic rings. The fraction of sp³-hybridized carbons (Fsp3) is 1.00. The Bertz CT molecular complexity index is 149. The van der Waals surface area contributed by atoms with Crippen molar-refractivity contribution in [2.75, 3.05) is 0 Å². The Balaban J connectivity index is 4.26. The van der Waals surface area contributed by atoms with Crippen molar-refractivity contribution in [2.24, 2.45) is 17.8 Å². The molecule has 1 heteroatoms. The molecule has 0 rings (SSSR count). The van der Waals surface area contributed by atoms with Gasteiger partial charge in [0.1, 0.15) is 0 Å². The third-order valence-electron chi connectivity index (χ3n) is 3.13. The van der Waals surface area contributed by atoms with Crippen LogP contribution in [0.3, 0.4) is 0 Å². The molecule has 0 fully saturated rings. The lowest BCUT2D eigenvalue weighted by atomic mass is 9.83. The number of hydrogen-bond acceptors (Lipinski definition) is 0. The summed E-state index contributed by atoms with van der Waals surface area (Å²) in [6.07, 6.45) is 5.78. The molecule has 0 radical (unpaired) electrons. The van der Waals surface area contributed by atoms with Crippen LogP contribution in [0.2, 0.25) is 4.28 Å². The molecule has 0 saturated carbocycles. The topological polar surface area (TPSA) is 0 Å². The van der Waals surface area contributed by atoms with E-state index in [1.807, 2.05) is 0 Å². The summed E-state index contributed by atoms with van der Waals surface area (Å²) < 4.78 is 0.715. The molecule has 0 bridgehead atoms. The molecule has 0 nitrogen and oxygen atoms in total. The fourth-order valence-corrected chi connectivity index (χ4v) is 4.82. The number of hydrogen-bond donors (Lipinski definition) is 0. The largest absolute Gasteiger partial charge is 0.221 e. The van der Waals surface area contributed by atoms with Gasteiger partial charge in [-0.05, 0) is 17.8 Å². The maximum atomic E-state index is 2.38. The quantitative estimate of drug-likeness (QED) is 0.568. The van der Waals surface area contributed by atoms with Crippen molar-refractivity contribution in [3.8, 4) is 0 Å². The molecule has 0 saturated heterocycles. The molecule has 0 amide bonds. The van der Waals surface area contributed by atoms with Gasteiger partial charge in [-0.15, -0.1) is 0 Å². The van der Waals surface area contributed by atoms with E-state index in [1.54, 1.807) is 0 Å². The smallest absolute Gasteiger partial charge is 0.0791 e. The monoisotopic (exact) mass is 226 g/mol. The summed E-state index contributed by atoms with van der Waals surface area (Å²) >= 11 is 1.37. The first-order valence-electron chi connectivity index (χ1n) is 6.75. The molecular formula is C14H31Al. The van der Waals surface area contributed by atoms with E-state index in [4.69, 9.17) is 0 Å². The zero-order valence-electron chi connectivity index (χ0n) is 12.1. The van der Waals surface area contributed by atoms with E-state index in [0.717, 1.165) is 17.8 Å². The van der Waals surface area contributed by atoms with Crippen molar-refractivity contribution in [1.82, 2.24) is 0 Å². The maximum absolute atomic E-state index is 2.38. The van der Waals surface area contributed by atoms with Crippen LogP contribution in [0.1, 0.15) is 67.2 Å². The van der Waals surface area contributed by atoms with Crippen molar-refractivity contribution >= 4 is 16.3 Å². The van der Waals surface area contributed by atoms with Gasteiger partial charge in [0, 0.05) is 0 Å². The van der Waals surface area contributed by atoms with Gasteiger partial charge in [0.25, 0.3) is 0 Å². The highest BCUT2D eigenvalue weighted by Crippen LogP contribution is 2.42. The molecule has 15 heavy (non-hydrogen) atoms. The second kappa shape index (κ2) is 6.98. The van der Waals surface area contributed by atoms with Gasteiger partial charge in [-0.1, -0.05) is 71.5 Å². The Morgan fingerprint density at radius 3 is 1.47 bits per heavy atom. The Hall–Kier alpha value is 0.532. The van der Waals surface area contributed by atoms with Gasteiger partial charge in [-0.2, -0.15) is 0 Å². The minimum Gasteiger partial charge on any atom is -0.0791 e. The van der Waals surface area contributed by atoms with E-state index < -0.39 is 0 Å². The van der Waals surface area contributed by atoms with Crippen LogP contribution in [0.5, 0.6) is 0 Å². The minimum absolute atomic E-state index is 0.715. The van der Waals surface area contributed by atoms with Crippen LogP contribution >= 0.6 is 0 Å². The lowest BCUT2D eigenvalue weighted by Crippen LogP contribution is -2.19. The van der Waals surface area contributed by atoms with E-state index in [9.17, 15) is 0 Å². The molecule has 90 valence electrons. The Morgan fingerprint density at radius 1 is 0.800 bits per heavy atom. The lowest BCUT2D eigenvalue weighted by molar-refractivity contribution is 0.324. The molecule has 0 aromatic carbocycles. The zero-order valence-corrected chi connectivity index (χ0v) is 14.1. The van der Waals surface area contributed by atoms with Gasteiger partial charge in [0.15, 0.2) is 0 Å². The van der Waals surface area contributed by atoms with E-state index in [2.05, 4.69) is 41.5 Å². The normalized spacial score (nSPS) is 13.1. The molecule has 0 unspecified atom stereocenters. The fourth-order valence-electron chi connectivity index (χ4n) is 2.90. The SMILES string of the molecule is CC(C)CC[C]([AlH2])(CC(C)C)CC(C)C. The van der Waals surface area contributed by atoms with Gasteiger partial charge in [0.2, 0.25) is 16.3 Å². The van der Waals surface area contributed by atoms with Crippen molar-refractivity contribution in [1.29, 1.82) is 0 Å². The summed E-state index contributed by atoms with van der Waals surface area (Å²) in [5.41, 5.74) is 0. The highest BCUT2D eigenvalue weighted by molar-refractivity contribution is 6.15. The van der Waals surface area contributed by atoms with Crippen LogP contribution in [-0.4, -0.2) is 16.3 Å². The summed E-state index contributed by atoms with van der Waals surface area (Å²) in [7, 11) is 0. The van der Waals surface area contributed by atoms with E-state index in [-0.39, 0.29) is 0 Å². The van der Waals surface area contributed by atoms with Crippen molar-refractivity contribution in [2.45, 2.75) is 71.5 Å². The molecule has 0 aliphatic heterocycles. The summed E-state index contributed by atoms with van der Waals surface area (Å²) in [6.45, 7) is 14.2.